The van der Waals surface area contributed by atoms with E-state index >= 15 is 0 Å². The molecule has 1 fully saturated rings. The molecule has 1 aliphatic rings. The van der Waals surface area contributed by atoms with Crippen LogP contribution in [0.15, 0.2) is 22.8 Å². The molecular formula is C19H33IN6S. The van der Waals surface area contributed by atoms with Crippen molar-refractivity contribution in [3.8, 4) is 0 Å². The molecule has 2 N–H and O–H groups in total. The molecule has 1 unspecified atom stereocenters. The Morgan fingerprint density at radius 2 is 1.96 bits per heavy atom. The lowest BCUT2D eigenvalue weighted by atomic mass is 10.0. The minimum absolute atomic E-state index is 0. The molecule has 0 aromatic carbocycles. The average Bonchev–Trinajstić information content (AvgIpc) is 3.10. The van der Waals surface area contributed by atoms with Crippen LogP contribution in [0.2, 0.25) is 0 Å². The molecule has 0 bridgehead atoms. The monoisotopic (exact) mass is 504 g/mol. The number of hydrogen-bond donors (Lipinski definition) is 2. The molecule has 27 heavy (non-hydrogen) atoms. The number of nitrogens with one attached hydrogen (secondary N) is 2. The van der Waals surface area contributed by atoms with Crippen molar-refractivity contribution < 1.29 is 0 Å². The van der Waals surface area contributed by atoms with E-state index in [1.165, 1.54) is 38.8 Å². The Balaban J connectivity index is 0.00000261. The molecule has 0 aliphatic carbocycles. The molecule has 1 aliphatic heterocycles. The van der Waals surface area contributed by atoms with E-state index < -0.39 is 0 Å². The highest BCUT2D eigenvalue weighted by Gasteiger charge is 2.22. The lowest BCUT2D eigenvalue weighted by Crippen LogP contribution is -2.49. The lowest BCUT2D eigenvalue weighted by Gasteiger charge is -2.34. The van der Waals surface area contributed by atoms with Gasteiger partial charge in [0.25, 0.3) is 0 Å². The minimum atomic E-state index is 0. The van der Waals surface area contributed by atoms with Gasteiger partial charge in [0.15, 0.2) is 10.9 Å². The van der Waals surface area contributed by atoms with Gasteiger partial charge in [-0.25, -0.2) is 4.98 Å². The largest absolute Gasteiger partial charge is 0.355 e. The Morgan fingerprint density at radius 3 is 2.59 bits per heavy atom. The molecule has 8 heteroatoms. The fraction of sp³-hybridized carbons (Fsp3) is 0.684. The van der Waals surface area contributed by atoms with Crippen molar-refractivity contribution in [3.63, 3.8) is 0 Å². The maximum Gasteiger partial charge on any atom is 0.193 e. The van der Waals surface area contributed by atoms with Crippen LogP contribution in [0.5, 0.6) is 0 Å². The number of guanidine groups is 1. The predicted octanol–water partition coefficient (Wildman–Crippen LogP) is 3.58. The lowest BCUT2D eigenvalue weighted by molar-refractivity contribution is 0.161. The summed E-state index contributed by atoms with van der Waals surface area (Å²) in [5.74, 6) is 1.47. The van der Waals surface area contributed by atoms with Gasteiger partial charge in [-0.3, -0.25) is 14.3 Å². The molecule has 3 rings (SSSR count). The summed E-state index contributed by atoms with van der Waals surface area (Å²) in [6.45, 7) is 8.71. The topological polar surface area (TPSA) is 57.0 Å². The first-order valence-corrected chi connectivity index (χ1v) is 10.6. The number of fused-ring (bicyclic) bond motifs is 1. The Kier molecular flexibility index (Phi) is 9.31. The maximum absolute atomic E-state index is 4.61. The van der Waals surface area contributed by atoms with Crippen LogP contribution in [0.4, 0.5) is 0 Å². The second kappa shape index (κ2) is 11.2. The van der Waals surface area contributed by atoms with E-state index in [-0.39, 0.29) is 24.0 Å². The second-order valence-electron chi connectivity index (χ2n) is 7.39. The van der Waals surface area contributed by atoms with Gasteiger partial charge >= 0.3 is 0 Å². The van der Waals surface area contributed by atoms with E-state index in [2.05, 4.69) is 55.3 Å². The highest BCUT2D eigenvalue weighted by Crippen LogP contribution is 2.17. The summed E-state index contributed by atoms with van der Waals surface area (Å²) in [4.78, 5) is 12.7. The number of nitrogens with zero attached hydrogens (tertiary/aromatic N) is 4. The first-order chi connectivity index (χ1) is 12.7. The van der Waals surface area contributed by atoms with Crippen molar-refractivity contribution in [2.45, 2.75) is 52.1 Å². The molecule has 1 saturated heterocycles. The molecule has 0 radical (unpaired) electrons. The third-order valence-electron chi connectivity index (χ3n) is 5.16. The predicted molar refractivity (Wildman–Crippen MR) is 125 cm³/mol. The van der Waals surface area contributed by atoms with Gasteiger partial charge in [0.05, 0.1) is 12.2 Å². The summed E-state index contributed by atoms with van der Waals surface area (Å²) in [6.07, 6.45) is 9.51. The minimum Gasteiger partial charge on any atom is -0.355 e. The van der Waals surface area contributed by atoms with Gasteiger partial charge in [0.2, 0.25) is 0 Å². The average molecular weight is 504 g/mol. The Morgan fingerprint density at radius 1 is 1.22 bits per heavy atom. The van der Waals surface area contributed by atoms with Crippen molar-refractivity contribution in [2.24, 2.45) is 10.9 Å². The number of halogens is 1. The van der Waals surface area contributed by atoms with Crippen LogP contribution in [0.3, 0.4) is 0 Å². The molecule has 0 saturated carbocycles. The number of rotatable bonds is 6. The molecule has 0 amide bonds. The van der Waals surface area contributed by atoms with Crippen molar-refractivity contribution >= 4 is 46.2 Å². The first kappa shape index (κ1) is 22.4. The van der Waals surface area contributed by atoms with Crippen LogP contribution in [-0.4, -0.2) is 53.0 Å². The van der Waals surface area contributed by atoms with Crippen LogP contribution >= 0.6 is 35.3 Å². The number of hydrogen-bond acceptors (Lipinski definition) is 4. The van der Waals surface area contributed by atoms with Gasteiger partial charge in [0.1, 0.15) is 0 Å². The van der Waals surface area contributed by atoms with Gasteiger partial charge in [-0.05, 0) is 31.8 Å². The van der Waals surface area contributed by atoms with Gasteiger partial charge in [-0.15, -0.1) is 35.3 Å². The fourth-order valence-corrected chi connectivity index (χ4v) is 4.39. The van der Waals surface area contributed by atoms with Crippen LogP contribution < -0.4 is 10.6 Å². The summed E-state index contributed by atoms with van der Waals surface area (Å²) in [7, 11) is 1.83. The number of aromatic nitrogens is 2. The standard InChI is InChI=1S/C19H32N6S.HI/c1-15(2)17(24-8-6-4-5-7-9-24)13-22-18(20-3)21-12-16-14-25-10-11-26-19(25)23-16;/h10-11,14-15,17H,4-9,12-13H2,1-3H3,(H2,20,21,22);1H. The van der Waals surface area contributed by atoms with Crippen LogP contribution in [0.1, 0.15) is 45.2 Å². The van der Waals surface area contributed by atoms with Crippen molar-refractivity contribution in [2.75, 3.05) is 26.7 Å². The number of likely N-dealkylation sites (tertiary alicyclic amines) is 1. The quantitative estimate of drug-likeness (QED) is 0.359. The van der Waals surface area contributed by atoms with Gasteiger partial charge in [-0.1, -0.05) is 26.7 Å². The summed E-state index contributed by atoms with van der Waals surface area (Å²) >= 11 is 1.66. The number of imidazole rings is 1. The molecule has 2 aromatic rings. The first-order valence-electron chi connectivity index (χ1n) is 9.77. The molecule has 152 valence electrons. The van der Waals surface area contributed by atoms with Gasteiger partial charge in [-0.2, -0.15) is 0 Å². The van der Waals surface area contributed by atoms with Crippen molar-refractivity contribution in [3.05, 3.63) is 23.5 Å². The van der Waals surface area contributed by atoms with Crippen molar-refractivity contribution in [1.29, 1.82) is 0 Å². The van der Waals surface area contributed by atoms with E-state index in [1.54, 1.807) is 11.3 Å². The zero-order valence-corrected chi connectivity index (χ0v) is 19.8. The van der Waals surface area contributed by atoms with E-state index in [4.69, 9.17) is 0 Å². The molecule has 3 heterocycles. The normalized spacial score (nSPS) is 17.6. The molecule has 2 aromatic heterocycles. The van der Waals surface area contributed by atoms with Crippen molar-refractivity contribution in [1.82, 2.24) is 24.9 Å². The SMILES string of the molecule is CN=C(NCc1cn2ccsc2n1)NCC(C(C)C)N1CCCCCC1.I. The molecule has 0 spiro atoms. The summed E-state index contributed by atoms with van der Waals surface area (Å²) in [5.41, 5.74) is 1.03. The smallest absolute Gasteiger partial charge is 0.193 e. The fourth-order valence-electron chi connectivity index (χ4n) is 3.67. The summed E-state index contributed by atoms with van der Waals surface area (Å²) < 4.78 is 2.06. The van der Waals surface area contributed by atoms with Crippen LogP contribution in [0.25, 0.3) is 4.96 Å². The van der Waals surface area contributed by atoms with Crippen LogP contribution in [-0.2, 0) is 6.54 Å². The Labute approximate surface area is 183 Å². The maximum atomic E-state index is 4.61. The third-order valence-corrected chi connectivity index (χ3v) is 5.93. The highest BCUT2D eigenvalue weighted by molar-refractivity contribution is 14.0. The van der Waals surface area contributed by atoms with E-state index in [0.29, 0.717) is 18.5 Å². The zero-order chi connectivity index (χ0) is 18.4. The Hall–Kier alpha value is -0.870. The molecule has 1 atom stereocenters. The second-order valence-corrected chi connectivity index (χ2v) is 8.27. The highest BCUT2D eigenvalue weighted by atomic mass is 127. The number of aliphatic imine (C=N–C) groups is 1. The summed E-state index contributed by atoms with van der Waals surface area (Å²) in [5, 5.41) is 8.98. The van der Waals surface area contributed by atoms with Gasteiger partial charge < -0.3 is 10.6 Å². The summed E-state index contributed by atoms with van der Waals surface area (Å²) in [6, 6.07) is 0.546. The van der Waals surface area contributed by atoms with E-state index in [9.17, 15) is 0 Å². The van der Waals surface area contributed by atoms with Gasteiger partial charge in [0, 0.05) is 37.4 Å². The van der Waals surface area contributed by atoms with Crippen LogP contribution in [0, 0.1) is 5.92 Å². The third kappa shape index (κ3) is 6.32. The van der Waals surface area contributed by atoms with E-state index in [1.807, 2.05) is 13.2 Å². The Bertz CT molecular complexity index is 673. The zero-order valence-electron chi connectivity index (χ0n) is 16.6. The van der Waals surface area contributed by atoms with E-state index in [0.717, 1.165) is 23.2 Å². The number of thiazole rings is 1. The molecular weight excluding hydrogens is 471 g/mol. The molecule has 6 nitrogen and oxygen atoms in total.